The maximum atomic E-state index is 11.5. The third-order valence-corrected chi connectivity index (χ3v) is 2.87. The van der Waals surface area contributed by atoms with Crippen LogP contribution in [-0.4, -0.2) is 42.3 Å². The average molecular weight is 220 g/mol. The zero-order valence-corrected chi connectivity index (χ0v) is 9.10. The van der Waals surface area contributed by atoms with E-state index in [2.05, 4.69) is 17.4 Å². The Hall–Kier alpha value is -1.55. The number of nitrogens with zero attached hydrogens (tertiary/aromatic N) is 1. The summed E-state index contributed by atoms with van der Waals surface area (Å²) in [5.41, 5.74) is 1.23. The number of benzene rings is 1. The molecule has 1 aliphatic heterocycles. The van der Waals surface area contributed by atoms with Gasteiger partial charge in [0.15, 0.2) is 0 Å². The van der Waals surface area contributed by atoms with Gasteiger partial charge in [0.05, 0.1) is 6.61 Å². The Morgan fingerprint density at radius 3 is 2.81 bits per heavy atom. The van der Waals surface area contributed by atoms with Gasteiger partial charge in [-0.2, -0.15) is 0 Å². The zero-order chi connectivity index (χ0) is 11.4. The minimum Gasteiger partial charge on any atom is -0.395 e. The van der Waals surface area contributed by atoms with Crippen molar-refractivity contribution < 1.29 is 9.90 Å². The number of carbonyl (C=O) groups excluding carboxylic acids is 1. The van der Waals surface area contributed by atoms with Crippen LogP contribution in [0.3, 0.4) is 0 Å². The number of aliphatic hydroxyl groups is 1. The molecule has 0 bridgehead atoms. The van der Waals surface area contributed by atoms with Gasteiger partial charge in [0.25, 0.3) is 0 Å². The Balaban J connectivity index is 2.05. The van der Waals surface area contributed by atoms with Crippen LogP contribution < -0.4 is 5.32 Å². The van der Waals surface area contributed by atoms with Crippen molar-refractivity contribution in [2.24, 2.45) is 0 Å². The van der Waals surface area contributed by atoms with Crippen molar-refractivity contribution in [3.63, 3.8) is 0 Å². The average Bonchev–Trinajstić information content (AvgIpc) is 2.33. The Morgan fingerprint density at radius 2 is 2.12 bits per heavy atom. The second-order valence-electron chi connectivity index (χ2n) is 3.96. The molecule has 2 rings (SSSR count). The van der Waals surface area contributed by atoms with Crippen molar-refractivity contribution >= 4 is 6.03 Å². The first-order valence-corrected chi connectivity index (χ1v) is 5.50. The number of hydrogen-bond donors (Lipinski definition) is 2. The third kappa shape index (κ3) is 2.33. The molecule has 0 radical (unpaired) electrons. The lowest BCUT2D eigenvalue weighted by atomic mass is 9.97. The van der Waals surface area contributed by atoms with E-state index in [9.17, 15) is 4.79 Å². The standard InChI is InChI=1S/C12H16N2O2/c15-7-6-14-9-11(8-13-12(14)16)10-4-2-1-3-5-10/h1-5,11,15H,6-9H2,(H,13,16). The summed E-state index contributed by atoms with van der Waals surface area (Å²) >= 11 is 0. The minimum atomic E-state index is -0.0822. The molecular formula is C12H16N2O2. The van der Waals surface area contributed by atoms with E-state index in [1.165, 1.54) is 5.56 Å². The van der Waals surface area contributed by atoms with Crippen LogP contribution in [0.4, 0.5) is 4.79 Å². The minimum absolute atomic E-state index is 0.00886. The van der Waals surface area contributed by atoms with Crippen molar-refractivity contribution in [2.45, 2.75) is 5.92 Å². The lowest BCUT2D eigenvalue weighted by Crippen LogP contribution is -2.50. The molecule has 1 atom stereocenters. The Morgan fingerprint density at radius 1 is 1.38 bits per heavy atom. The Labute approximate surface area is 94.9 Å². The van der Waals surface area contributed by atoms with Crippen molar-refractivity contribution in [2.75, 3.05) is 26.2 Å². The molecule has 0 aromatic heterocycles. The number of nitrogens with one attached hydrogen (secondary N) is 1. The highest BCUT2D eigenvalue weighted by Gasteiger charge is 2.25. The molecular weight excluding hydrogens is 204 g/mol. The van der Waals surface area contributed by atoms with Crippen LogP contribution in [0.5, 0.6) is 0 Å². The van der Waals surface area contributed by atoms with Crippen LogP contribution in [0.25, 0.3) is 0 Å². The van der Waals surface area contributed by atoms with E-state index >= 15 is 0 Å². The molecule has 86 valence electrons. The van der Waals surface area contributed by atoms with Crippen LogP contribution >= 0.6 is 0 Å². The smallest absolute Gasteiger partial charge is 0.317 e. The van der Waals surface area contributed by atoms with E-state index in [1.807, 2.05) is 18.2 Å². The highest BCUT2D eigenvalue weighted by molar-refractivity contribution is 5.75. The lowest BCUT2D eigenvalue weighted by Gasteiger charge is -2.33. The third-order valence-electron chi connectivity index (χ3n) is 2.87. The van der Waals surface area contributed by atoms with Crippen LogP contribution in [0.2, 0.25) is 0 Å². The number of hydrogen-bond acceptors (Lipinski definition) is 2. The van der Waals surface area contributed by atoms with Crippen molar-refractivity contribution in [1.29, 1.82) is 0 Å². The van der Waals surface area contributed by atoms with Gasteiger partial charge in [-0.05, 0) is 5.56 Å². The number of aliphatic hydroxyl groups excluding tert-OH is 1. The quantitative estimate of drug-likeness (QED) is 0.791. The molecule has 4 heteroatoms. The molecule has 1 unspecified atom stereocenters. The van der Waals surface area contributed by atoms with Gasteiger partial charge in [-0.15, -0.1) is 0 Å². The Kier molecular flexibility index (Phi) is 3.41. The molecule has 2 amide bonds. The first-order chi connectivity index (χ1) is 7.81. The second kappa shape index (κ2) is 4.99. The van der Waals surface area contributed by atoms with E-state index in [1.54, 1.807) is 4.90 Å². The normalized spacial score (nSPS) is 20.7. The van der Waals surface area contributed by atoms with Gasteiger partial charge in [-0.1, -0.05) is 30.3 Å². The van der Waals surface area contributed by atoms with Gasteiger partial charge in [0, 0.05) is 25.6 Å². The number of carbonyl (C=O) groups is 1. The maximum absolute atomic E-state index is 11.5. The molecule has 1 aromatic carbocycles. The zero-order valence-electron chi connectivity index (χ0n) is 9.10. The molecule has 1 fully saturated rings. The Bertz CT molecular complexity index is 353. The van der Waals surface area contributed by atoms with E-state index in [0.717, 1.165) is 0 Å². The van der Waals surface area contributed by atoms with E-state index < -0.39 is 0 Å². The fourth-order valence-electron chi connectivity index (χ4n) is 2.00. The summed E-state index contributed by atoms with van der Waals surface area (Å²) in [6.07, 6.45) is 0. The molecule has 16 heavy (non-hydrogen) atoms. The molecule has 1 aliphatic rings. The summed E-state index contributed by atoms with van der Waals surface area (Å²) < 4.78 is 0. The predicted octanol–water partition coefficient (Wildman–Crippen LogP) is 0.788. The number of β-amino-alcohol motifs (C(OH)–C–C–N with tert-alkyl or cyclic N) is 1. The van der Waals surface area contributed by atoms with Gasteiger partial charge >= 0.3 is 6.03 Å². The maximum Gasteiger partial charge on any atom is 0.317 e. The fraction of sp³-hybridized carbons (Fsp3) is 0.417. The summed E-state index contributed by atoms with van der Waals surface area (Å²) in [6.45, 7) is 1.76. The van der Waals surface area contributed by atoms with Gasteiger partial charge in [-0.25, -0.2) is 4.79 Å². The largest absolute Gasteiger partial charge is 0.395 e. The van der Waals surface area contributed by atoms with Gasteiger partial charge in [0.2, 0.25) is 0 Å². The van der Waals surface area contributed by atoms with Crippen molar-refractivity contribution in [3.8, 4) is 0 Å². The first-order valence-electron chi connectivity index (χ1n) is 5.50. The van der Waals surface area contributed by atoms with Crippen LogP contribution in [0.15, 0.2) is 30.3 Å². The molecule has 0 spiro atoms. The number of urea groups is 1. The molecule has 0 saturated carbocycles. The molecule has 1 saturated heterocycles. The number of rotatable bonds is 3. The summed E-state index contributed by atoms with van der Waals surface area (Å²) in [5, 5.41) is 11.7. The fourth-order valence-corrected chi connectivity index (χ4v) is 2.00. The summed E-state index contributed by atoms with van der Waals surface area (Å²) in [6, 6.07) is 10.0. The van der Waals surface area contributed by atoms with Gasteiger partial charge in [0.1, 0.15) is 0 Å². The van der Waals surface area contributed by atoms with Crippen molar-refractivity contribution in [3.05, 3.63) is 35.9 Å². The van der Waals surface area contributed by atoms with E-state index in [0.29, 0.717) is 25.6 Å². The summed E-state index contributed by atoms with van der Waals surface area (Å²) in [7, 11) is 0. The number of amides is 2. The molecule has 4 nitrogen and oxygen atoms in total. The summed E-state index contributed by atoms with van der Waals surface area (Å²) in [5.74, 6) is 0.311. The van der Waals surface area contributed by atoms with Crippen LogP contribution in [-0.2, 0) is 0 Å². The lowest BCUT2D eigenvalue weighted by molar-refractivity contribution is 0.160. The van der Waals surface area contributed by atoms with Gasteiger partial charge < -0.3 is 15.3 Å². The topological polar surface area (TPSA) is 52.6 Å². The second-order valence-corrected chi connectivity index (χ2v) is 3.96. The van der Waals surface area contributed by atoms with Crippen LogP contribution in [0, 0.1) is 0 Å². The monoisotopic (exact) mass is 220 g/mol. The molecule has 2 N–H and O–H groups in total. The SMILES string of the molecule is O=C1NCC(c2ccccc2)CN1CCO. The van der Waals surface area contributed by atoms with Gasteiger partial charge in [-0.3, -0.25) is 0 Å². The molecule has 1 aromatic rings. The van der Waals surface area contributed by atoms with E-state index in [-0.39, 0.29) is 12.6 Å². The van der Waals surface area contributed by atoms with Crippen LogP contribution in [0.1, 0.15) is 11.5 Å². The van der Waals surface area contributed by atoms with Crippen molar-refractivity contribution in [1.82, 2.24) is 10.2 Å². The van der Waals surface area contributed by atoms with E-state index in [4.69, 9.17) is 5.11 Å². The highest BCUT2D eigenvalue weighted by Crippen LogP contribution is 2.19. The first kappa shape index (κ1) is 11.0. The predicted molar refractivity (Wildman–Crippen MR) is 61.2 cm³/mol. The molecule has 1 heterocycles. The summed E-state index contributed by atoms with van der Waals surface area (Å²) in [4.78, 5) is 13.1. The molecule has 0 aliphatic carbocycles. The highest BCUT2D eigenvalue weighted by atomic mass is 16.3.